The predicted molar refractivity (Wildman–Crippen MR) is 111 cm³/mol. The van der Waals surface area contributed by atoms with Gasteiger partial charge in [-0.25, -0.2) is 13.8 Å². The Morgan fingerprint density at radius 1 is 1.10 bits per heavy atom. The fourth-order valence-corrected chi connectivity index (χ4v) is 3.24. The van der Waals surface area contributed by atoms with Gasteiger partial charge in [0.1, 0.15) is 5.52 Å². The first-order valence-corrected chi connectivity index (χ1v) is 9.27. The number of methoxy groups -OCH3 is 1. The molecular formula is C21H12Cl2F2N2O3. The predicted octanol–water partition coefficient (Wildman–Crippen LogP) is 6.54. The normalized spacial score (nSPS) is 11.5. The third kappa shape index (κ3) is 3.81. The van der Waals surface area contributed by atoms with E-state index in [1.165, 1.54) is 19.4 Å². The molecule has 30 heavy (non-hydrogen) atoms. The van der Waals surface area contributed by atoms with Crippen LogP contribution >= 0.6 is 23.2 Å². The first-order chi connectivity index (χ1) is 14.4. The number of hydrogen-bond donors (Lipinski definition) is 1. The summed E-state index contributed by atoms with van der Waals surface area (Å²) in [6.45, 7) is 0. The average molecular weight is 449 g/mol. The van der Waals surface area contributed by atoms with Crippen molar-refractivity contribution in [3.8, 4) is 23.0 Å². The maximum absolute atomic E-state index is 13.6. The van der Waals surface area contributed by atoms with Gasteiger partial charge >= 0.3 is 0 Å². The van der Waals surface area contributed by atoms with Gasteiger partial charge < -0.3 is 14.3 Å². The maximum atomic E-state index is 13.6. The van der Waals surface area contributed by atoms with Crippen molar-refractivity contribution >= 4 is 46.2 Å². The van der Waals surface area contributed by atoms with Crippen molar-refractivity contribution in [3.63, 3.8) is 0 Å². The van der Waals surface area contributed by atoms with Crippen molar-refractivity contribution in [3.05, 3.63) is 69.7 Å². The fourth-order valence-electron chi connectivity index (χ4n) is 2.79. The number of benzene rings is 3. The second-order valence-electron chi connectivity index (χ2n) is 6.22. The molecule has 0 atom stereocenters. The largest absolute Gasteiger partial charge is 0.504 e. The summed E-state index contributed by atoms with van der Waals surface area (Å²) in [5, 5.41) is 10.5. The first-order valence-electron chi connectivity index (χ1n) is 8.52. The Morgan fingerprint density at radius 3 is 2.63 bits per heavy atom. The average Bonchev–Trinajstić information content (AvgIpc) is 3.14. The number of hydrogen-bond acceptors (Lipinski definition) is 5. The lowest BCUT2D eigenvalue weighted by Crippen LogP contribution is -1.89. The molecular weight excluding hydrogens is 437 g/mol. The topological polar surface area (TPSA) is 67.9 Å². The van der Waals surface area contributed by atoms with Gasteiger partial charge in [-0.1, -0.05) is 23.2 Å². The molecule has 1 heterocycles. The van der Waals surface area contributed by atoms with Crippen LogP contribution in [-0.2, 0) is 0 Å². The Bertz CT molecular complexity index is 1310. The molecule has 0 amide bonds. The molecule has 4 aromatic rings. The molecule has 152 valence electrons. The zero-order chi connectivity index (χ0) is 21.4. The van der Waals surface area contributed by atoms with Crippen LogP contribution < -0.4 is 4.74 Å². The fraction of sp³-hybridized carbons (Fsp3) is 0.0476. The van der Waals surface area contributed by atoms with E-state index in [0.717, 1.165) is 12.1 Å². The highest BCUT2D eigenvalue weighted by Crippen LogP contribution is 2.34. The highest BCUT2D eigenvalue weighted by Gasteiger charge is 2.16. The van der Waals surface area contributed by atoms with Crippen molar-refractivity contribution in [2.45, 2.75) is 0 Å². The summed E-state index contributed by atoms with van der Waals surface area (Å²) in [6.07, 6.45) is 1.43. The van der Waals surface area contributed by atoms with Crippen molar-refractivity contribution in [1.29, 1.82) is 0 Å². The minimum Gasteiger partial charge on any atom is -0.504 e. The van der Waals surface area contributed by atoms with E-state index in [1.54, 1.807) is 24.3 Å². The highest BCUT2D eigenvalue weighted by atomic mass is 35.5. The molecule has 0 aliphatic rings. The number of aromatic nitrogens is 1. The summed E-state index contributed by atoms with van der Waals surface area (Å²) >= 11 is 12.0. The Labute approximate surface area is 179 Å². The van der Waals surface area contributed by atoms with Gasteiger partial charge in [-0.15, -0.1) is 0 Å². The summed E-state index contributed by atoms with van der Waals surface area (Å²) in [5.74, 6) is -1.93. The van der Waals surface area contributed by atoms with Gasteiger partial charge in [0.15, 0.2) is 28.7 Å². The van der Waals surface area contributed by atoms with E-state index in [-0.39, 0.29) is 28.0 Å². The second-order valence-corrected chi connectivity index (χ2v) is 7.06. The van der Waals surface area contributed by atoms with Crippen LogP contribution in [0.15, 0.2) is 51.9 Å². The molecule has 1 aromatic heterocycles. The summed E-state index contributed by atoms with van der Waals surface area (Å²) in [6, 6.07) is 9.75. The molecule has 1 N–H and O–H groups in total. The Balaban J connectivity index is 1.69. The lowest BCUT2D eigenvalue weighted by Gasteiger charge is -2.06. The molecule has 5 nitrogen and oxygen atoms in total. The van der Waals surface area contributed by atoms with Crippen molar-refractivity contribution < 1.29 is 23.0 Å². The molecule has 0 aliphatic carbocycles. The third-order valence-corrected chi connectivity index (χ3v) is 4.78. The first kappa shape index (κ1) is 20.1. The smallest absolute Gasteiger partial charge is 0.228 e. The minimum absolute atomic E-state index is 0.0240. The van der Waals surface area contributed by atoms with Crippen LogP contribution in [0.25, 0.3) is 22.6 Å². The third-order valence-electron chi connectivity index (χ3n) is 4.25. The molecule has 9 heteroatoms. The number of oxazole rings is 1. The van der Waals surface area contributed by atoms with E-state index in [0.29, 0.717) is 27.4 Å². The Morgan fingerprint density at radius 2 is 1.87 bits per heavy atom. The monoisotopic (exact) mass is 448 g/mol. The van der Waals surface area contributed by atoms with Crippen LogP contribution in [0.3, 0.4) is 0 Å². The van der Waals surface area contributed by atoms with Crippen LogP contribution in [0.5, 0.6) is 11.5 Å². The van der Waals surface area contributed by atoms with Crippen LogP contribution in [0.2, 0.25) is 10.0 Å². The van der Waals surface area contributed by atoms with Crippen molar-refractivity contribution in [2.24, 2.45) is 4.99 Å². The number of nitrogens with zero attached hydrogens (tertiary/aromatic N) is 2. The number of fused-ring (bicyclic) bond motifs is 1. The summed E-state index contributed by atoms with van der Waals surface area (Å²) in [5.41, 5.74) is 1.86. The van der Waals surface area contributed by atoms with Gasteiger partial charge in [0.25, 0.3) is 0 Å². The number of phenols is 1. The standard InChI is InChI=1S/C21H12Cl2F2N2O3/c1-29-19-5-11(22)4-10(20(19)28)9-26-12-2-3-18-17(6-12)27-21(30-18)13-7-15(24)16(25)8-14(13)23/h2-9,28H,1H3. The van der Waals surface area contributed by atoms with Gasteiger partial charge in [-0.2, -0.15) is 0 Å². The lowest BCUT2D eigenvalue weighted by molar-refractivity contribution is 0.373. The van der Waals surface area contributed by atoms with E-state index in [9.17, 15) is 13.9 Å². The van der Waals surface area contributed by atoms with Gasteiger partial charge in [0.2, 0.25) is 5.89 Å². The molecule has 0 saturated heterocycles. The van der Waals surface area contributed by atoms with Crippen LogP contribution in [-0.4, -0.2) is 23.4 Å². The molecule has 0 unspecified atom stereocenters. The highest BCUT2D eigenvalue weighted by molar-refractivity contribution is 6.33. The number of aliphatic imine (C=N–C) groups is 1. The summed E-state index contributed by atoms with van der Waals surface area (Å²) in [7, 11) is 1.42. The second kappa shape index (κ2) is 7.93. The Hall–Kier alpha value is -3.16. The van der Waals surface area contributed by atoms with Crippen LogP contribution in [0.1, 0.15) is 5.56 Å². The molecule has 0 saturated carbocycles. The molecule has 0 spiro atoms. The molecule has 0 bridgehead atoms. The van der Waals surface area contributed by atoms with Crippen molar-refractivity contribution in [2.75, 3.05) is 7.11 Å². The summed E-state index contributed by atoms with van der Waals surface area (Å²) in [4.78, 5) is 8.60. The van der Waals surface area contributed by atoms with Gasteiger partial charge in [0.05, 0.1) is 23.4 Å². The Kier molecular flexibility index (Phi) is 5.32. The van der Waals surface area contributed by atoms with E-state index >= 15 is 0 Å². The van der Waals surface area contributed by atoms with Gasteiger partial charge in [-0.05, 0) is 36.4 Å². The van der Waals surface area contributed by atoms with Crippen LogP contribution in [0.4, 0.5) is 14.5 Å². The van der Waals surface area contributed by atoms with Gasteiger partial charge in [0, 0.05) is 22.9 Å². The van der Waals surface area contributed by atoms with Crippen LogP contribution in [0, 0.1) is 11.6 Å². The van der Waals surface area contributed by atoms with Gasteiger partial charge in [-0.3, -0.25) is 4.99 Å². The molecule has 0 aliphatic heterocycles. The minimum atomic E-state index is -1.06. The number of aromatic hydroxyl groups is 1. The molecule has 0 radical (unpaired) electrons. The molecule has 4 rings (SSSR count). The number of rotatable bonds is 4. The molecule has 0 fully saturated rings. The SMILES string of the molecule is COc1cc(Cl)cc(C=Nc2ccc3oc(-c4cc(F)c(F)cc4Cl)nc3c2)c1O. The van der Waals surface area contributed by atoms with E-state index in [4.69, 9.17) is 32.4 Å². The number of halogens is 4. The van der Waals surface area contributed by atoms with E-state index in [2.05, 4.69) is 9.98 Å². The van der Waals surface area contributed by atoms with E-state index < -0.39 is 11.6 Å². The number of ether oxygens (including phenoxy) is 1. The summed E-state index contributed by atoms with van der Waals surface area (Å²) < 4.78 is 37.5. The zero-order valence-electron chi connectivity index (χ0n) is 15.3. The molecule has 3 aromatic carbocycles. The maximum Gasteiger partial charge on any atom is 0.228 e. The van der Waals surface area contributed by atoms with Crippen molar-refractivity contribution in [1.82, 2.24) is 4.98 Å². The lowest BCUT2D eigenvalue weighted by atomic mass is 10.2. The number of phenolic OH excluding ortho intramolecular Hbond substituents is 1. The van der Waals surface area contributed by atoms with E-state index in [1.807, 2.05) is 0 Å². The quantitative estimate of drug-likeness (QED) is 0.284. The zero-order valence-corrected chi connectivity index (χ0v) is 16.8.